The molecule has 0 aromatic carbocycles. The number of rotatable bonds is 0. The van der Waals surface area contributed by atoms with E-state index < -0.39 is 29.4 Å². The van der Waals surface area contributed by atoms with Gasteiger partial charge in [-0.3, -0.25) is 0 Å². The second-order valence-corrected chi connectivity index (χ2v) is 16.1. The van der Waals surface area contributed by atoms with Crippen molar-refractivity contribution in [3.05, 3.63) is 6.92 Å². The second-order valence-electron chi connectivity index (χ2n) is 0.595. The molecule has 9 heteroatoms. The van der Waals surface area contributed by atoms with Gasteiger partial charge in [0.15, 0.2) is 0 Å². The molecular formula is C2H3Cl6OTi2. The normalized spacial score (nSPS) is 6.00. The van der Waals surface area contributed by atoms with Gasteiger partial charge in [-0.15, -0.1) is 0 Å². The Bertz CT molecular complexity index is 58.1. The Hall–Kier alpha value is 2.71. The van der Waals surface area contributed by atoms with Crippen LogP contribution in [0.3, 0.4) is 0 Å². The Balaban J connectivity index is -0.0000000886. The number of hydrogen-bond donors (Lipinski definition) is 0. The van der Waals surface area contributed by atoms with Crippen molar-refractivity contribution in [1.29, 1.82) is 0 Å². The van der Waals surface area contributed by atoms with E-state index in [9.17, 15) is 0 Å². The number of carbonyl (C=O) groups excluding carboxylic acids is 1. The van der Waals surface area contributed by atoms with Crippen molar-refractivity contribution in [2.75, 3.05) is 0 Å². The van der Waals surface area contributed by atoms with E-state index in [1.165, 1.54) is 0 Å². The van der Waals surface area contributed by atoms with Gasteiger partial charge in [-0.05, 0) is 6.29 Å². The molecule has 1 nitrogen and oxygen atoms in total. The summed E-state index contributed by atoms with van der Waals surface area (Å²) in [4.78, 5) is 8.69. The fraction of sp³-hybridized carbons (Fsp3) is 0. The molecule has 0 bridgehead atoms. The van der Waals surface area contributed by atoms with Crippen LogP contribution in [0.4, 0.5) is 0 Å². The zero-order valence-electron chi connectivity index (χ0n) is 4.96. The van der Waals surface area contributed by atoms with Crippen LogP contribution in [-0.4, -0.2) is 6.29 Å². The standard InChI is InChI=1S/C2H3O.6ClH.2Ti/c1-2-3;;;;;;;;/h2H,1H2;6*1H;;/q-1;;;;;;;+3;+4/p-6. The van der Waals surface area contributed by atoms with E-state index >= 15 is 0 Å². The van der Waals surface area contributed by atoms with Crippen LogP contribution in [0, 0.1) is 6.92 Å². The average Bonchev–Trinajstić information content (AvgIpc) is 1.60. The number of aldehydes is 1. The summed E-state index contributed by atoms with van der Waals surface area (Å²) in [6.45, 7) is 2.81. The second kappa shape index (κ2) is 18.5. The van der Waals surface area contributed by atoms with Crippen molar-refractivity contribution < 1.29 is 34.2 Å². The molecule has 0 fully saturated rings. The van der Waals surface area contributed by atoms with Gasteiger partial charge in [0.2, 0.25) is 0 Å². The Morgan fingerprint density at radius 2 is 1.18 bits per heavy atom. The molecule has 0 saturated carbocycles. The zero-order chi connectivity index (χ0) is 9.86. The summed E-state index contributed by atoms with van der Waals surface area (Å²) in [5.41, 5.74) is 0. The maximum atomic E-state index is 8.69. The summed E-state index contributed by atoms with van der Waals surface area (Å²) < 4.78 is 0. The van der Waals surface area contributed by atoms with Crippen LogP contribution in [0.15, 0.2) is 0 Å². The first-order valence-electron chi connectivity index (χ1n) is 1.78. The molecule has 0 aliphatic heterocycles. The topological polar surface area (TPSA) is 17.1 Å². The third kappa shape index (κ3) is 199. The van der Waals surface area contributed by atoms with Crippen molar-refractivity contribution in [3.63, 3.8) is 0 Å². The zero-order valence-corrected chi connectivity index (χ0v) is 12.6. The first-order chi connectivity index (χ1) is 4.88. The first kappa shape index (κ1) is 19.3. The van der Waals surface area contributed by atoms with Crippen molar-refractivity contribution >= 4 is 62.1 Å². The molecule has 0 radical (unpaired) electrons. The van der Waals surface area contributed by atoms with Crippen LogP contribution in [-0.2, 0) is 34.2 Å². The van der Waals surface area contributed by atoms with Gasteiger partial charge in [0.1, 0.15) is 0 Å². The molecule has 0 N–H and O–H groups in total. The number of carbonyl (C=O) groups is 1. The predicted molar refractivity (Wildman–Crippen MR) is 46.5 cm³/mol. The molecule has 0 amide bonds. The predicted octanol–water partition coefficient (Wildman–Crippen LogP) is 4.15. The van der Waals surface area contributed by atoms with E-state index in [2.05, 4.69) is 6.92 Å². The summed E-state index contributed by atoms with van der Waals surface area (Å²) in [6.07, 6.45) is 0.500. The molecule has 0 aromatic rings. The van der Waals surface area contributed by atoms with Crippen LogP contribution >= 0.6 is 55.8 Å². The van der Waals surface area contributed by atoms with Gasteiger partial charge >= 0.3 is 85.2 Å². The Morgan fingerprint density at radius 1 is 1.18 bits per heavy atom. The van der Waals surface area contributed by atoms with Gasteiger partial charge in [-0.1, -0.05) is 0 Å². The molecule has 0 aromatic heterocycles. The third-order valence-electron chi connectivity index (χ3n) is 0. The number of halogens is 6. The minimum atomic E-state index is -1.92. The van der Waals surface area contributed by atoms with Gasteiger partial charge < -0.3 is 11.7 Å². The quantitative estimate of drug-likeness (QED) is 0.364. The average molecular weight is 351 g/mol. The van der Waals surface area contributed by atoms with Crippen LogP contribution in [0.25, 0.3) is 0 Å². The van der Waals surface area contributed by atoms with E-state index in [1.807, 2.05) is 0 Å². The molecule has 0 spiro atoms. The summed E-state index contributed by atoms with van der Waals surface area (Å²) in [5, 5.41) is 0. The fourth-order valence-corrected chi connectivity index (χ4v) is 0. The van der Waals surface area contributed by atoms with Crippen molar-refractivity contribution in [2.24, 2.45) is 0 Å². The summed E-state index contributed by atoms with van der Waals surface area (Å²) >= 11 is -3.83. The van der Waals surface area contributed by atoms with Gasteiger partial charge in [-0.25, -0.2) is 0 Å². The van der Waals surface area contributed by atoms with Crippen molar-refractivity contribution in [3.8, 4) is 0 Å². The van der Waals surface area contributed by atoms with Gasteiger partial charge in [0, 0.05) is 0 Å². The summed E-state index contributed by atoms with van der Waals surface area (Å²) in [6, 6.07) is 0. The van der Waals surface area contributed by atoms with Crippen LogP contribution < -0.4 is 0 Å². The SMILES string of the molecule is [CH2-]C=O.[Cl][Ti+]([Cl])[Cl].[Cl][Ti]([Cl])[Cl]. The van der Waals surface area contributed by atoms with E-state index in [0.717, 1.165) is 0 Å². The number of hydrogen-bond acceptors (Lipinski definition) is 1. The molecule has 0 rings (SSSR count). The molecule has 0 atom stereocenters. The Morgan fingerprint density at radius 3 is 1.18 bits per heavy atom. The van der Waals surface area contributed by atoms with Crippen LogP contribution in [0.5, 0.6) is 0 Å². The van der Waals surface area contributed by atoms with Crippen molar-refractivity contribution in [2.45, 2.75) is 0 Å². The Labute approximate surface area is 102 Å². The van der Waals surface area contributed by atoms with E-state index in [-0.39, 0.29) is 0 Å². The van der Waals surface area contributed by atoms with E-state index in [1.54, 1.807) is 0 Å². The van der Waals surface area contributed by atoms with Crippen molar-refractivity contribution in [1.82, 2.24) is 0 Å². The van der Waals surface area contributed by atoms with Gasteiger partial charge in [0.25, 0.3) is 0 Å². The fourth-order valence-electron chi connectivity index (χ4n) is 0. The molecule has 11 heavy (non-hydrogen) atoms. The van der Waals surface area contributed by atoms with E-state index in [4.69, 9.17) is 60.6 Å². The van der Waals surface area contributed by atoms with Crippen LogP contribution in [0.1, 0.15) is 0 Å². The summed E-state index contributed by atoms with van der Waals surface area (Å²) in [7, 11) is 29.8. The van der Waals surface area contributed by atoms with Gasteiger partial charge in [-0.2, -0.15) is 0 Å². The molecule has 0 unspecified atom stereocenters. The molecule has 0 heterocycles. The van der Waals surface area contributed by atoms with Gasteiger partial charge in [0.05, 0.1) is 0 Å². The minimum absolute atomic E-state index is 0.500. The van der Waals surface area contributed by atoms with Crippen LogP contribution in [0.2, 0.25) is 0 Å². The molecule has 0 aliphatic carbocycles. The first-order valence-corrected chi connectivity index (χ1v) is 14.7. The third-order valence-corrected chi connectivity index (χ3v) is 0. The molecular weight excluding hydrogens is 348 g/mol. The summed E-state index contributed by atoms with van der Waals surface area (Å²) in [5.74, 6) is 0. The molecule has 67 valence electrons. The molecule has 0 aliphatic rings. The maximum absolute atomic E-state index is 8.69. The molecule has 0 saturated heterocycles. The monoisotopic (exact) mass is 349 g/mol. The van der Waals surface area contributed by atoms with E-state index in [0.29, 0.717) is 6.29 Å². The Kier molecular flexibility index (Phi) is 32.4.